The van der Waals surface area contributed by atoms with Crippen molar-refractivity contribution in [1.29, 1.82) is 0 Å². The van der Waals surface area contributed by atoms with Crippen molar-refractivity contribution >= 4 is 42.6 Å². The summed E-state index contributed by atoms with van der Waals surface area (Å²) in [6.07, 6.45) is 0. The molecule has 0 spiro atoms. The van der Waals surface area contributed by atoms with E-state index in [2.05, 4.69) is 23.2 Å². The highest BCUT2D eigenvalue weighted by molar-refractivity contribution is 7.85. The lowest BCUT2D eigenvalue weighted by Crippen LogP contribution is -2.04. The van der Waals surface area contributed by atoms with Crippen molar-refractivity contribution in [3.63, 3.8) is 0 Å². The van der Waals surface area contributed by atoms with Gasteiger partial charge in [0.1, 0.15) is 0 Å². The van der Waals surface area contributed by atoms with Crippen LogP contribution in [-0.4, -0.2) is 18.0 Å². The van der Waals surface area contributed by atoms with Gasteiger partial charge in [0.25, 0.3) is 0 Å². The number of fused-ring (bicyclic) bond motifs is 3. The van der Waals surface area contributed by atoms with Crippen LogP contribution < -0.4 is 0 Å². The maximum Gasteiger partial charge on any atom is 0.312 e. The molecule has 5 heteroatoms. The molecule has 0 saturated heterocycles. The van der Waals surface area contributed by atoms with E-state index in [1.807, 2.05) is 48.5 Å². The average Bonchev–Trinajstić information content (AvgIpc) is 2.70. The summed E-state index contributed by atoms with van der Waals surface area (Å²) in [5.41, 5.74) is 1.59. The zero-order valence-electron chi connectivity index (χ0n) is 14.7. The third kappa shape index (κ3) is 2.81. The zero-order chi connectivity index (χ0) is 19.3. The first kappa shape index (κ1) is 16.9. The number of rotatable bonds is 2. The SMILES string of the molecule is O=S(=O)(O)c1nc2ccccc2cc1-c1ccc2cc3ccccc3cc2c1. The smallest absolute Gasteiger partial charge is 0.281 e. The summed E-state index contributed by atoms with van der Waals surface area (Å²) in [5, 5.41) is 4.79. The van der Waals surface area contributed by atoms with Gasteiger partial charge in [-0.2, -0.15) is 8.42 Å². The molecule has 0 radical (unpaired) electrons. The van der Waals surface area contributed by atoms with Crippen molar-refractivity contribution in [2.75, 3.05) is 0 Å². The Morgan fingerprint density at radius 2 is 1.25 bits per heavy atom. The molecular weight excluding hydrogens is 370 g/mol. The normalized spacial score (nSPS) is 12.0. The van der Waals surface area contributed by atoms with Gasteiger partial charge >= 0.3 is 10.1 Å². The number of aromatic nitrogens is 1. The second kappa shape index (κ2) is 6.12. The summed E-state index contributed by atoms with van der Waals surface area (Å²) in [5.74, 6) is 0. The van der Waals surface area contributed by atoms with Crippen LogP contribution in [0.1, 0.15) is 0 Å². The van der Waals surface area contributed by atoms with E-state index in [0.717, 1.165) is 26.9 Å². The maximum absolute atomic E-state index is 12.0. The van der Waals surface area contributed by atoms with Crippen molar-refractivity contribution in [2.24, 2.45) is 0 Å². The molecule has 4 nitrogen and oxygen atoms in total. The van der Waals surface area contributed by atoms with Crippen molar-refractivity contribution in [2.45, 2.75) is 5.03 Å². The van der Waals surface area contributed by atoms with Gasteiger partial charge in [0.05, 0.1) is 5.52 Å². The Kier molecular flexibility index (Phi) is 3.69. The van der Waals surface area contributed by atoms with Crippen LogP contribution in [0, 0.1) is 0 Å². The largest absolute Gasteiger partial charge is 0.312 e. The zero-order valence-corrected chi connectivity index (χ0v) is 15.5. The molecule has 28 heavy (non-hydrogen) atoms. The van der Waals surface area contributed by atoms with Crippen LogP contribution in [0.5, 0.6) is 0 Å². The molecule has 1 heterocycles. The summed E-state index contributed by atoms with van der Waals surface area (Å²) in [6, 6.07) is 27.0. The molecule has 0 aliphatic rings. The number of hydrogen-bond donors (Lipinski definition) is 1. The van der Waals surface area contributed by atoms with Crippen molar-refractivity contribution in [3.8, 4) is 11.1 Å². The number of nitrogens with zero attached hydrogens (tertiary/aromatic N) is 1. The Bertz CT molecular complexity index is 1490. The summed E-state index contributed by atoms with van der Waals surface area (Å²) >= 11 is 0. The van der Waals surface area contributed by atoms with Gasteiger partial charge in [-0.15, -0.1) is 0 Å². The van der Waals surface area contributed by atoms with E-state index in [1.54, 1.807) is 18.2 Å². The Balaban J connectivity index is 1.81. The lowest BCUT2D eigenvalue weighted by atomic mass is 9.98. The molecule has 0 amide bonds. The summed E-state index contributed by atoms with van der Waals surface area (Å²) in [7, 11) is -4.47. The molecule has 0 aliphatic carbocycles. The average molecular weight is 385 g/mol. The first-order valence-electron chi connectivity index (χ1n) is 8.79. The van der Waals surface area contributed by atoms with Gasteiger partial charge in [0.15, 0.2) is 5.03 Å². The predicted octanol–water partition coefficient (Wildman–Crippen LogP) is 5.45. The Morgan fingerprint density at radius 3 is 1.96 bits per heavy atom. The molecule has 1 aromatic heterocycles. The monoisotopic (exact) mass is 385 g/mol. The van der Waals surface area contributed by atoms with Gasteiger partial charge in [0, 0.05) is 10.9 Å². The number of para-hydroxylation sites is 1. The van der Waals surface area contributed by atoms with E-state index in [0.29, 0.717) is 16.6 Å². The van der Waals surface area contributed by atoms with Crippen molar-refractivity contribution in [1.82, 2.24) is 4.98 Å². The third-order valence-electron chi connectivity index (χ3n) is 4.95. The quantitative estimate of drug-likeness (QED) is 0.324. The predicted molar refractivity (Wildman–Crippen MR) is 112 cm³/mol. The molecule has 0 aliphatic heterocycles. The molecule has 1 N–H and O–H groups in total. The molecule has 5 aromatic rings. The number of hydrogen-bond acceptors (Lipinski definition) is 3. The molecule has 4 aromatic carbocycles. The molecule has 0 fully saturated rings. The van der Waals surface area contributed by atoms with Gasteiger partial charge in [-0.3, -0.25) is 4.55 Å². The third-order valence-corrected chi connectivity index (χ3v) is 5.75. The van der Waals surface area contributed by atoms with Crippen LogP contribution in [0.2, 0.25) is 0 Å². The van der Waals surface area contributed by atoms with Crippen LogP contribution >= 0.6 is 0 Å². The lowest BCUT2D eigenvalue weighted by molar-refractivity contribution is 0.480. The van der Waals surface area contributed by atoms with E-state index in [1.165, 1.54) is 0 Å². The van der Waals surface area contributed by atoms with Crippen LogP contribution in [0.15, 0.2) is 90.0 Å². The van der Waals surface area contributed by atoms with E-state index in [-0.39, 0.29) is 5.03 Å². The van der Waals surface area contributed by atoms with Gasteiger partial charge in [-0.1, -0.05) is 54.6 Å². The molecule has 0 bridgehead atoms. The summed E-state index contributed by atoms with van der Waals surface area (Å²) < 4.78 is 33.8. The summed E-state index contributed by atoms with van der Waals surface area (Å²) in [4.78, 5) is 4.21. The van der Waals surface area contributed by atoms with Gasteiger partial charge in [-0.25, -0.2) is 4.98 Å². The number of benzene rings is 4. The standard InChI is InChI=1S/C23H15NO3S/c25-28(26,27)23-21(14-19-7-3-4-8-22(19)24-23)18-10-9-17-11-15-5-1-2-6-16(15)12-20(17)13-18/h1-14H,(H,25,26,27). The first-order chi connectivity index (χ1) is 13.5. The summed E-state index contributed by atoms with van der Waals surface area (Å²) in [6.45, 7) is 0. The minimum atomic E-state index is -4.47. The van der Waals surface area contributed by atoms with E-state index in [9.17, 15) is 13.0 Å². The molecule has 0 atom stereocenters. The van der Waals surface area contributed by atoms with Crippen molar-refractivity contribution in [3.05, 3.63) is 84.9 Å². The van der Waals surface area contributed by atoms with Gasteiger partial charge in [0.2, 0.25) is 0 Å². The highest BCUT2D eigenvalue weighted by atomic mass is 32.2. The molecular formula is C23H15NO3S. The second-order valence-electron chi connectivity index (χ2n) is 6.77. The maximum atomic E-state index is 12.0. The van der Waals surface area contributed by atoms with Crippen LogP contribution in [0.3, 0.4) is 0 Å². The van der Waals surface area contributed by atoms with E-state index >= 15 is 0 Å². The molecule has 0 saturated carbocycles. The van der Waals surface area contributed by atoms with E-state index < -0.39 is 10.1 Å². The minimum Gasteiger partial charge on any atom is -0.281 e. The fourth-order valence-corrected chi connectivity index (χ4v) is 4.28. The van der Waals surface area contributed by atoms with Crippen LogP contribution in [0.4, 0.5) is 0 Å². The minimum absolute atomic E-state index is 0.327. The highest BCUT2D eigenvalue weighted by Gasteiger charge is 2.20. The van der Waals surface area contributed by atoms with Gasteiger partial charge < -0.3 is 0 Å². The first-order valence-corrected chi connectivity index (χ1v) is 10.2. The van der Waals surface area contributed by atoms with Crippen molar-refractivity contribution < 1.29 is 13.0 Å². The Morgan fingerprint density at radius 1 is 0.643 bits per heavy atom. The Hall–Kier alpha value is -3.28. The Labute approximate surface area is 161 Å². The van der Waals surface area contributed by atoms with E-state index in [4.69, 9.17) is 0 Å². The topological polar surface area (TPSA) is 67.3 Å². The molecule has 0 unspecified atom stereocenters. The fraction of sp³-hybridized carbons (Fsp3) is 0. The highest BCUT2D eigenvalue weighted by Crippen LogP contribution is 2.32. The van der Waals surface area contributed by atoms with Crippen LogP contribution in [0.25, 0.3) is 43.6 Å². The second-order valence-corrected chi connectivity index (χ2v) is 8.11. The van der Waals surface area contributed by atoms with Crippen LogP contribution in [-0.2, 0) is 10.1 Å². The number of pyridine rings is 1. The molecule has 136 valence electrons. The fourth-order valence-electron chi connectivity index (χ4n) is 3.61. The lowest BCUT2D eigenvalue weighted by Gasteiger charge is -2.10. The van der Waals surface area contributed by atoms with Gasteiger partial charge in [-0.05, 0) is 57.4 Å². The molecule has 5 rings (SSSR count).